The fraction of sp³-hybridized carbons (Fsp3) is 0.882. The number of hydrogen-bond donors (Lipinski definition) is 1. The van der Waals surface area contributed by atoms with Crippen molar-refractivity contribution in [2.24, 2.45) is 5.92 Å². The van der Waals surface area contributed by atoms with Gasteiger partial charge >= 0.3 is 11.9 Å². The molecule has 0 aromatic heterocycles. The Hall–Kier alpha value is -1.36. The first-order valence-electron chi connectivity index (χ1n) is 16.6. The average molecular weight is 552 g/mol. The van der Waals surface area contributed by atoms with Crippen LogP contribution in [0, 0.1) is 5.92 Å². The Kier molecular flexibility index (Phi) is 27.2. The number of unbranched alkanes of at least 4 members (excludes halogenated alkanes) is 14. The van der Waals surface area contributed by atoms with Crippen molar-refractivity contribution in [1.29, 1.82) is 0 Å². The summed E-state index contributed by atoms with van der Waals surface area (Å²) < 4.78 is 5.91. The second kappa shape index (κ2) is 28.2. The summed E-state index contributed by atoms with van der Waals surface area (Å²) >= 11 is 0. The molecule has 0 radical (unpaired) electrons. The first-order valence-corrected chi connectivity index (χ1v) is 16.6. The van der Waals surface area contributed by atoms with Gasteiger partial charge in [-0.3, -0.25) is 9.59 Å². The summed E-state index contributed by atoms with van der Waals surface area (Å²) in [6.45, 7) is 5.38. The number of hydrogen-bond acceptors (Lipinski definition) is 4. The van der Waals surface area contributed by atoms with E-state index in [2.05, 4.69) is 30.9 Å². The number of rotatable bonds is 29. The summed E-state index contributed by atoms with van der Waals surface area (Å²) in [6.07, 6.45) is 29.4. The van der Waals surface area contributed by atoms with Crippen LogP contribution >= 0.6 is 0 Å². The van der Waals surface area contributed by atoms with Gasteiger partial charge in [0.1, 0.15) is 6.10 Å². The minimum Gasteiger partial charge on any atom is -0.481 e. The lowest BCUT2D eigenvalue weighted by Gasteiger charge is -2.18. The Labute approximate surface area is 242 Å². The smallest absolute Gasteiger partial charge is 0.306 e. The van der Waals surface area contributed by atoms with Gasteiger partial charge in [-0.25, -0.2) is 0 Å². The van der Waals surface area contributed by atoms with Crippen LogP contribution in [-0.2, 0) is 14.3 Å². The summed E-state index contributed by atoms with van der Waals surface area (Å²) in [6, 6.07) is 0. The Balaban J connectivity index is 4.22. The highest BCUT2D eigenvalue weighted by Gasteiger charge is 2.16. The molecule has 39 heavy (non-hydrogen) atoms. The van der Waals surface area contributed by atoms with Crippen LogP contribution in [0.3, 0.4) is 0 Å². The molecule has 0 spiro atoms. The number of carboxylic acid groups (broad SMARTS) is 1. The summed E-state index contributed by atoms with van der Waals surface area (Å²) in [5, 5.41) is 9.57. The van der Waals surface area contributed by atoms with E-state index in [9.17, 15) is 14.7 Å². The van der Waals surface area contributed by atoms with E-state index in [0.29, 0.717) is 12.8 Å². The van der Waals surface area contributed by atoms with E-state index in [4.69, 9.17) is 4.74 Å². The standard InChI is InChI=1S/C34H65NO4/c1-5-7-9-11-13-16-20-25-31(34(37)38)26-21-17-15-19-23-28-32(27-22-18-14-12-10-8-6-2)39-33(36)29-24-30-35(3)4/h16,20,31-32H,5-15,17-19,21-30H2,1-4H3,(H,37,38). The third-order valence-electron chi connectivity index (χ3n) is 7.65. The molecule has 0 aromatic rings. The first-order chi connectivity index (χ1) is 18.9. The van der Waals surface area contributed by atoms with Crippen molar-refractivity contribution in [2.45, 2.75) is 168 Å². The van der Waals surface area contributed by atoms with Gasteiger partial charge in [0.25, 0.3) is 0 Å². The van der Waals surface area contributed by atoms with Crippen LogP contribution in [0.1, 0.15) is 162 Å². The summed E-state index contributed by atoms with van der Waals surface area (Å²) in [7, 11) is 4.06. The maximum atomic E-state index is 12.4. The minimum atomic E-state index is -0.661. The van der Waals surface area contributed by atoms with Crippen molar-refractivity contribution < 1.29 is 19.4 Å². The molecule has 0 saturated carbocycles. The van der Waals surface area contributed by atoms with Crippen molar-refractivity contribution in [3.8, 4) is 0 Å². The summed E-state index contributed by atoms with van der Waals surface area (Å²) in [5.74, 6) is -0.957. The van der Waals surface area contributed by atoms with Crippen molar-refractivity contribution in [3.63, 3.8) is 0 Å². The maximum Gasteiger partial charge on any atom is 0.306 e. The molecular formula is C34H65NO4. The lowest BCUT2D eigenvalue weighted by molar-refractivity contribution is -0.150. The molecule has 0 saturated heterocycles. The van der Waals surface area contributed by atoms with Crippen LogP contribution < -0.4 is 0 Å². The molecule has 230 valence electrons. The third kappa shape index (κ3) is 26.6. The van der Waals surface area contributed by atoms with Gasteiger partial charge in [0.2, 0.25) is 0 Å². The fourth-order valence-electron chi connectivity index (χ4n) is 5.08. The van der Waals surface area contributed by atoms with Gasteiger partial charge < -0.3 is 14.7 Å². The van der Waals surface area contributed by atoms with Crippen LogP contribution in [-0.4, -0.2) is 48.7 Å². The van der Waals surface area contributed by atoms with Gasteiger partial charge in [-0.05, 0) is 78.4 Å². The van der Waals surface area contributed by atoms with Gasteiger partial charge in [0.05, 0.1) is 5.92 Å². The Morgan fingerprint density at radius 1 is 0.692 bits per heavy atom. The molecule has 1 N–H and O–H groups in total. The second-order valence-corrected chi connectivity index (χ2v) is 11.9. The molecule has 2 unspecified atom stereocenters. The van der Waals surface area contributed by atoms with E-state index >= 15 is 0 Å². The monoisotopic (exact) mass is 551 g/mol. The van der Waals surface area contributed by atoms with Crippen LogP contribution in [0.4, 0.5) is 0 Å². The zero-order valence-electron chi connectivity index (χ0n) is 26.4. The molecule has 0 fully saturated rings. The predicted molar refractivity (Wildman–Crippen MR) is 166 cm³/mol. The fourth-order valence-corrected chi connectivity index (χ4v) is 5.08. The zero-order valence-corrected chi connectivity index (χ0v) is 26.4. The van der Waals surface area contributed by atoms with Gasteiger partial charge in [-0.2, -0.15) is 0 Å². The van der Waals surface area contributed by atoms with E-state index in [-0.39, 0.29) is 18.0 Å². The van der Waals surface area contributed by atoms with E-state index in [1.165, 1.54) is 64.2 Å². The molecule has 0 aromatic carbocycles. The third-order valence-corrected chi connectivity index (χ3v) is 7.65. The summed E-state index contributed by atoms with van der Waals surface area (Å²) in [4.78, 5) is 26.1. The second-order valence-electron chi connectivity index (χ2n) is 11.9. The highest BCUT2D eigenvalue weighted by atomic mass is 16.5. The Morgan fingerprint density at radius 2 is 1.21 bits per heavy atom. The van der Waals surface area contributed by atoms with E-state index in [1.807, 2.05) is 14.1 Å². The molecule has 0 heterocycles. The SMILES string of the molecule is CCCCCCC=CCC(CCCCCCCC(CCCCCCCCC)OC(=O)CCCN(C)C)C(=O)O. The highest BCUT2D eigenvalue weighted by molar-refractivity contribution is 5.70. The first kappa shape index (κ1) is 37.6. The number of ether oxygens (including phenoxy) is 1. The molecule has 0 aliphatic rings. The maximum absolute atomic E-state index is 12.4. The molecule has 5 nitrogen and oxygen atoms in total. The van der Waals surface area contributed by atoms with Crippen LogP contribution in [0.15, 0.2) is 12.2 Å². The molecule has 0 aliphatic carbocycles. The predicted octanol–water partition coefficient (Wildman–Crippen LogP) is 9.73. The number of aliphatic carboxylic acids is 1. The highest BCUT2D eigenvalue weighted by Crippen LogP contribution is 2.20. The normalized spacial score (nSPS) is 13.3. The molecular weight excluding hydrogens is 486 g/mol. The Morgan fingerprint density at radius 3 is 1.74 bits per heavy atom. The molecule has 5 heteroatoms. The van der Waals surface area contributed by atoms with Crippen molar-refractivity contribution in [3.05, 3.63) is 12.2 Å². The molecule has 2 atom stereocenters. The molecule has 0 rings (SSSR count). The zero-order chi connectivity index (χ0) is 29.0. The van der Waals surface area contributed by atoms with E-state index in [1.54, 1.807) is 0 Å². The van der Waals surface area contributed by atoms with Gasteiger partial charge in [-0.15, -0.1) is 0 Å². The number of nitrogens with zero attached hydrogens (tertiary/aromatic N) is 1. The number of esters is 1. The van der Waals surface area contributed by atoms with Crippen molar-refractivity contribution in [1.82, 2.24) is 4.90 Å². The van der Waals surface area contributed by atoms with Gasteiger partial charge in [-0.1, -0.05) is 109 Å². The Bertz CT molecular complexity index is 590. The summed E-state index contributed by atoms with van der Waals surface area (Å²) in [5.41, 5.74) is 0. The van der Waals surface area contributed by atoms with Gasteiger partial charge in [0, 0.05) is 6.42 Å². The van der Waals surface area contributed by atoms with E-state index in [0.717, 1.165) is 77.2 Å². The van der Waals surface area contributed by atoms with E-state index < -0.39 is 5.97 Å². The number of carbonyl (C=O) groups is 2. The van der Waals surface area contributed by atoms with Crippen molar-refractivity contribution >= 4 is 11.9 Å². The molecule has 0 bridgehead atoms. The van der Waals surface area contributed by atoms with Crippen LogP contribution in [0.5, 0.6) is 0 Å². The topological polar surface area (TPSA) is 66.8 Å². The lowest BCUT2D eigenvalue weighted by Crippen LogP contribution is -2.20. The lowest BCUT2D eigenvalue weighted by atomic mass is 9.96. The van der Waals surface area contributed by atoms with Gasteiger partial charge in [0.15, 0.2) is 0 Å². The van der Waals surface area contributed by atoms with Crippen molar-refractivity contribution in [2.75, 3.05) is 20.6 Å². The van der Waals surface area contributed by atoms with Crippen LogP contribution in [0.25, 0.3) is 0 Å². The number of allylic oxidation sites excluding steroid dienone is 2. The molecule has 0 amide bonds. The number of carbonyl (C=O) groups excluding carboxylic acids is 1. The minimum absolute atomic E-state index is 0.0421. The van der Waals surface area contributed by atoms with Crippen LogP contribution in [0.2, 0.25) is 0 Å². The largest absolute Gasteiger partial charge is 0.481 e. The number of carboxylic acids is 1. The quantitative estimate of drug-likeness (QED) is 0.0569. The molecule has 0 aliphatic heterocycles. The average Bonchev–Trinajstić information content (AvgIpc) is 2.89.